The van der Waals surface area contributed by atoms with E-state index in [1.807, 2.05) is 31.6 Å². The van der Waals surface area contributed by atoms with E-state index in [9.17, 15) is 0 Å². The highest BCUT2D eigenvalue weighted by Gasteiger charge is 2.07. The number of methoxy groups -OCH3 is 1. The van der Waals surface area contributed by atoms with Crippen LogP contribution in [0, 0.1) is 13.8 Å². The molecule has 19 heavy (non-hydrogen) atoms. The SMILES string of the molecule is COCCNc1nc(C)cn1Cc1cnccc1C. The molecule has 0 spiro atoms. The summed E-state index contributed by atoms with van der Waals surface area (Å²) < 4.78 is 7.14. The summed E-state index contributed by atoms with van der Waals surface area (Å²) in [7, 11) is 1.69. The number of aryl methyl sites for hydroxylation is 2. The van der Waals surface area contributed by atoms with Crippen LogP contribution in [0.3, 0.4) is 0 Å². The highest BCUT2D eigenvalue weighted by Crippen LogP contribution is 2.13. The number of imidazole rings is 1. The summed E-state index contributed by atoms with van der Waals surface area (Å²) in [5.41, 5.74) is 3.44. The van der Waals surface area contributed by atoms with Gasteiger partial charge in [-0.15, -0.1) is 0 Å². The first-order valence-corrected chi connectivity index (χ1v) is 6.37. The van der Waals surface area contributed by atoms with Crippen LogP contribution in [0.1, 0.15) is 16.8 Å². The van der Waals surface area contributed by atoms with Crippen molar-refractivity contribution in [2.75, 3.05) is 25.6 Å². The van der Waals surface area contributed by atoms with E-state index in [1.54, 1.807) is 7.11 Å². The predicted molar refractivity (Wildman–Crippen MR) is 75.4 cm³/mol. The number of nitrogens with one attached hydrogen (secondary N) is 1. The van der Waals surface area contributed by atoms with Crippen molar-refractivity contribution in [1.29, 1.82) is 0 Å². The van der Waals surface area contributed by atoms with E-state index in [0.29, 0.717) is 6.61 Å². The van der Waals surface area contributed by atoms with Crippen LogP contribution < -0.4 is 5.32 Å². The fourth-order valence-electron chi connectivity index (χ4n) is 1.92. The van der Waals surface area contributed by atoms with Crippen LogP contribution in [0.2, 0.25) is 0 Å². The second-order valence-corrected chi connectivity index (χ2v) is 4.56. The van der Waals surface area contributed by atoms with Gasteiger partial charge < -0.3 is 14.6 Å². The van der Waals surface area contributed by atoms with Gasteiger partial charge in [0.2, 0.25) is 5.95 Å². The fraction of sp³-hybridized carbons (Fsp3) is 0.429. The molecule has 0 fully saturated rings. The van der Waals surface area contributed by atoms with Gasteiger partial charge in [0, 0.05) is 32.2 Å². The van der Waals surface area contributed by atoms with E-state index in [4.69, 9.17) is 4.74 Å². The minimum absolute atomic E-state index is 0.665. The van der Waals surface area contributed by atoms with Crippen molar-refractivity contribution in [1.82, 2.24) is 14.5 Å². The van der Waals surface area contributed by atoms with Crippen LogP contribution in [-0.2, 0) is 11.3 Å². The molecule has 0 amide bonds. The molecule has 0 unspecified atom stereocenters. The van der Waals surface area contributed by atoms with E-state index >= 15 is 0 Å². The lowest BCUT2D eigenvalue weighted by molar-refractivity contribution is 0.210. The van der Waals surface area contributed by atoms with Crippen LogP contribution in [0.25, 0.3) is 0 Å². The molecule has 2 rings (SSSR count). The molecule has 102 valence electrons. The first kappa shape index (κ1) is 13.5. The van der Waals surface area contributed by atoms with E-state index in [2.05, 4.69) is 26.8 Å². The Morgan fingerprint density at radius 2 is 2.21 bits per heavy atom. The highest BCUT2D eigenvalue weighted by atomic mass is 16.5. The van der Waals surface area contributed by atoms with E-state index in [0.717, 1.165) is 24.7 Å². The van der Waals surface area contributed by atoms with Gasteiger partial charge in [0.25, 0.3) is 0 Å². The number of anilines is 1. The molecule has 0 saturated heterocycles. The summed E-state index contributed by atoms with van der Waals surface area (Å²) in [6.45, 7) is 6.28. The van der Waals surface area contributed by atoms with Crippen molar-refractivity contribution < 1.29 is 4.74 Å². The number of nitrogens with zero attached hydrogens (tertiary/aromatic N) is 3. The minimum Gasteiger partial charge on any atom is -0.383 e. The molecule has 0 radical (unpaired) electrons. The van der Waals surface area contributed by atoms with Gasteiger partial charge in [0.15, 0.2) is 0 Å². The molecule has 2 aromatic rings. The molecule has 1 N–H and O–H groups in total. The molecule has 5 nitrogen and oxygen atoms in total. The number of pyridine rings is 1. The van der Waals surface area contributed by atoms with Crippen molar-refractivity contribution in [3.8, 4) is 0 Å². The summed E-state index contributed by atoms with van der Waals surface area (Å²) in [6.07, 6.45) is 5.76. The first-order chi connectivity index (χ1) is 9.20. The standard InChI is InChI=1S/C14H20N4O/c1-11-4-5-15-8-13(11)10-18-9-12(2)17-14(18)16-6-7-19-3/h4-5,8-9H,6-7,10H2,1-3H3,(H,16,17). The van der Waals surface area contributed by atoms with Gasteiger partial charge >= 0.3 is 0 Å². The molecule has 2 heterocycles. The summed E-state index contributed by atoms with van der Waals surface area (Å²) in [4.78, 5) is 8.66. The Hall–Kier alpha value is -1.88. The number of ether oxygens (including phenoxy) is 1. The largest absolute Gasteiger partial charge is 0.383 e. The maximum absolute atomic E-state index is 5.04. The van der Waals surface area contributed by atoms with Crippen LogP contribution in [0.15, 0.2) is 24.7 Å². The summed E-state index contributed by atoms with van der Waals surface area (Å²) in [5, 5.41) is 3.28. The second kappa shape index (κ2) is 6.33. The third-order valence-electron chi connectivity index (χ3n) is 2.97. The average Bonchev–Trinajstić information content (AvgIpc) is 2.73. The molecule has 5 heteroatoms. The summed E-state index contributed by atoms with van der Waals surface area (Å²) >= 11 is 0. The Balaban J connectivity index is 2.13. The topological polar surface area (TPSA) is 52.0 Å². The Morgan fingerprint density at radius 3 is 2.95 bits per heavy atom. The normalized spacial score (nSPS) is 10.7. The zero-order valence-corrected chi connectivity index (χ0v) is 11.7. The zero-order chi connectivity index (χ0) is 13.7. The van der Waals surface area contributed by atoms with E-state index in [1.165, 1.54) is 11.1 Å². The number of hydrogen-bond acceptors (Lipinski definition) is 4. The zero-order valence-electron chi connectivity index (χ0n) is 11.7. The van der Waals surface area contributed by atoms with Crippen LogP contribution >= 0.6 is 0 Å². The lowest BCUT2D eigenvalue weighted by Gasteiger charge is -2.10. The molecular weight excluding hydrogens is 240 g/mol. The Labute approximate surface area is 113 Å². The Bertz CT molecular complexity index is 536. The average molecular weight is 260 g/mol. The molecular formula is C14H20N4O. The van der Waals surface area contributed by atoms with E-state index < -0.39 is 0 Å². The highest BCUT2D eigenvalue weighted by molar-refractivity contribution is 5.31. The maximum atomic E-state index is 5.04. The monoisotopic (exact) mass is 260 g/mol. The lowest BCUT2D eigenvalue weighted by Crippen LogP contribution is -2.13. The molecule has 0 aromatic carbocycles. The van der Waals surface area contributed by atoms with E-state index in [-0.39, 0.29) is 0 Å². The Kier molecular flexibility index (Phi) is 4.52. The minimum atomic E-state index is 0.665. The molecule has 0 saturated carbocycles. The van der Waals surface area contributed by atoms with Crippen molar-refractivity contribution in [2.24, 2.45) is 0 Å². The fourth-order valence-corrected chi connectivity index (χ4v) is 1.92. The number of aromatic nitrogens is 3. The molecule has 0 aliphatic rings. The number of hydrogen-bond donors (Lipinski definition) is 1. The van der Waals surface area contributed by atoms with Crippen molar-refractivity contribution in [3.05, 3.63) is 41.5 Å². The molecule has 0 aliphatic heterocycles. The van der Waals surface area contributed by atoms with Gasteiger partial charge in [-0.25, -0.2) is 4.98 Å². The van der Waals surface area contributed by atoms with Crippen molar-refractivity contribution >= 4 is 5.95 Å². The van der Waals surface area contributed by atoms with Crippen LogP contribution in [0.5, 0.6) is 0 Å². The first-order valence-electron chi connectivity index (χ1n) is 6.37. The third kappa shape index (κ3) is 3.54. The van der Waals surface area contributed by atoms with Crippen LogP contribution in [-0.4, -0.2) is 34.8 Å². The van der Waals surface area contributed by atoms with Gasteiger partial charge in [-0.3, -0.25) is 4.98 Å². The van der Waals surface area contributed by atoms with Gasteiger partial charge in [-0.05, 0) is 31.0 Å². The summed E-state index contributed by atoms with van der Waals surface area (Å²) in [5.74, 6) is 0.873. The smallest absolute Gasteiger partial charge is 0.203 e. The summed E-state index contributed by atoms with van der Waals surface area (Å²) in [6, 6.07) is 2.02. The quantitative estimate of drug-likeness (QED) is 0.807. The Morgan fingerprint density at radius 1 is 1.37 bits per heavy atom. The third-order valence-corrected chi connectivity index (χ3v) is 2.97. The predicted octanol–water partition coefficient (Wildman–Crippen LogP) is 2.00. The van der Waals surface area contributed by atoms with Gasteiger partial charge in [-0.1, -0.05) is 0 Å². The van der Waals surface area contributed by atoms with Crippen molar-refractivity contribution in [3.63, 3.8) is 0 Å². The van der Waals surface area contributed by atoms with Crippen LogP contribution in [0.4, 0.5) is 5.95 Å². The molecule has 2 aromatic heterocycles. The van der Waals surface area contributed by atoms with Crippen molar-refractivity contribution in [2.45, 2.75) is 20.4 Å². The van der Waals surface area contributed by atoms with Gasteiger partial charge in [0.1, 0.15) is 0 Å². The molecule has 0 aliphatic carbocycles. The molecule has 0 bridgehead atoms. The lowest BCUT2D eigenvalue weighted by atomic mass is 10.1. The van der Waals surface area contributed by atoms with Gasteiger partial charge in [0.05, 0.1) is 18.8 Å². The second-order valence-electron chi connectivity index (χ2n) is 4.56. The van der Waals surface area contributed by atoms with Gasteiger partial charge in [-0.2, -0.15) is 0 Å². The molecule has 0 atom stereocenters. The maximum Gasteiger partial charge on any atom is 0.203 e. The number of rotatable bonds is 6.